The molecule has 1 aromatic carbocycles. The SMILES string of the molecule is C1=C2NC(=Cc3ccccc32)c2c[nH]nc21. The number of fused-ring (bicyclic) bond motifs is 6. The van der Waals surface area contributed by atoms with Crippen LogP contribution < -0.4 is 5.32 Å². The summed E-state index contributed by atoms with van der Waals surface area (Å²) >= 11 is 0. The van der Waals surface area contributed by atoms with Crippen molar-refractivity contribution >= 4 is 23.5 Å². The lowest BCUT2D eigenvalue weighted by Gasteiger charge is -2.24. The van der Waals surface area contributed by atoms with Gasteiger partial charge in [0.15, 0.2) is 0 Å². The van der Waals surface area contributed by atoms with E-state index in [0.29, 0.717) is 0 Å². The van der Waals surface area contributed by atoms with Crippen molar-refractivity contribution in [2.24, 2.45) is 0 Å². The van der Waals surface area contributed by atoms with Crippen LogP contribution in [0.2, 0.25) is 0 Å². The highest BCUT2D eigenvalue weighted by Crippen LogP contribution is 2.35. The molecule has 2 bridgehead atoms. The maximum absolute atomic E-state index is 4.23. The fourth-order valence-corrected chi connectivity index (χ4v) is 2.29. The van der Waals surface area contributed by atoms with Crippen LogP contribution in [0, 0.1) is 0 Å². The number of benzene rings is 1. The molecule has 0 atom stereocenters. The van der Waals surface area contributed by atoms with Gasteiger partial charge in [0, 0.05) is 23.0 Å². The van der Waals surface area contributed by atoms with Gasteiger partial charge in [-0.1, -0.05) is 24.3 Å². The van der Waals surface area contributed by atoms with E-state index in [1.165, 1.54) is 11.1 Å². The Morgan fingerprint density at radius 1 is 0.938 bits per heavy atom. The molecule has 0 spiro atoms. The second kappa shape index (κ2) is 2.64. The molecule has 16 heavy (non-hydrogen) atoms. The third kappa shape index (κ3) is 0.896. The maximum atomic E-state index is 4.23. The van der Waals surface area contributed by atoms with E-state index >= 15 is 0 Å². The van der Waals surface area contributed by atoms with E-state index in [0.717, 1.165) is 22.7 Å². The Labute approximate surface area is 92.5 Å². The summed E-state index contributed by atoms with van der Waals surface area (Å²) in [4.78, 5) is 0. The molecule has 2 aromatic rings. The highest BCUT2D eigenvalue weighted by atomic mass is 15.1. The number of aromatic amines is 1. The number of nitrogens with one attached hydrogen (secondary N) is 2. The van der Waals surface area contributed by atoms with Gasteiger partial charge >= 0.3 is 0 Å². The highest BCUT2D eigenvalue weighted by molar-refractivity contribution is 6.02. The normalized spacial score (nSPS) is 15.5. The number of aromatic nitrogens is 2. The van der Waals surface area contributed by atoms with Gasteiger partial charge in [-0.25, -0.2) is 0 Å². The topological polar surface area (TPSA) is 40.7 Å². The Hall–Kier alpha value is -2.29. The van der Waals surface area contributed by atoms with Gasteiger partial charge in [0.2, 0.25) is 0 Å². The van der Waals surface area contributed by atoms with Crippen LogP contribution in [-0.2, 0) is 0 Å². The van der Waals surface area contributed by atoms with Crippen LogP contribution in [-0.4, -0.2) is 10.2 Å². The van der Waals surface area contributed by atoms with Crippen molar-refractivity contribution < 1.29 is 0 Å². The Bertz CT molecular complexity index is 647. The minimum Gasteiger partial charge on any atom is -0.354 e. The molecule has 0 saturated heterocycles. The molecule has 3 nitrogen and oxygen atoms in total. The minimum absolute atomic E-state index is 1.01. The third-order valence-electron chi connectivity index (χ3n) is 3.06. The van der Waals surface area contributed by atoms with E-state index in [2.05, 4.69) is 51.9 Å². The first-order valence-corrected chi connectivity index (χ1v) is 5.26. The number of hydrogen-bond donors (Lipinski definition) is 2. The van der Waals surface area contributed by atoms with Gasteiger partial charge in [-0.2, -0.15) is 5.10 Å². The van der Waals surface area contributed by atoms with Crippen LogP contribution in [0.25, 0.3) is 23.5 Å². The average molecular weight is 207 g/mol. The van der Waals surface area contributed by atoms with Crippen molar-refractivity contribution in [1.82, 2.24) is 15.5 Å². The first-order chi connectivity index (χ1) is 7.92. The van der Waals surface area contributed by atoms with Crippen LogP contribution in [0.1, 0.15) is 22.4 Å². The predicted molar refractivity (Wildman–Crippen MR) is 63.9 cm³/mol. The monoisotopic (exact) mass is 207 g/mol. The largest absolute Gasteiger partial charge is 0.354 e. The van der Waals surface area contributed by atoms with Crippen molar-refractivity contribution in [3.63, 3.8) is 0 Å². The van der Waals surface area contributed by atoms with Gasteiger partial charge in [-0.3, -0.25) is 5.10 Å². The molecular weight excluding hydrogens is 198 g/mol. The van der Waals surface area contributed by atoms with Gasteiger partial charge in [0.05, 0.1) is 11.4 Å². The van der Waals surface area contributed by atoms with Gasteiger partial charge in [0.25, 0.3) is 0 Å². The molecule has 0 amide bonds. The summed E-state index contributed by atoms with van der Waals surface area (Å²) in [7, 11) is 0. The molecule has 0 saturated carbocycles. The zero-order valence-electron chi connectivity index (χ0n) is 8.49. The second-order valence-electron chi connectivity index (χ2n) is 4.01. The molecular formula is C13H9N3. The van der Waals surface area contributed by atoms with E-state index in [9.17, 15) is 0 Å². The average Bonchev–Trinajstić information content (AvgIpc) is 2.78. The van der Waals surface area contributed by atoms with Crippen molar-refractivity contribution in [3.05, 3.63) is 52.8 Å². The molecule has 76 valence electrons. The first-order valence-electron chi connectivity index (χ1n) is 5.26. The fourth-order valence-electron chi connectivity index (χ4n) is 2.29. The zero-order valence-corrected chi connectivity index (χ0v) is 8.49. The predicted octanol–water partition coefficient (Wildman–Crippen LogP) is 2.32. The molecule has 0 aliphatic carbocycles. The van der Waals surface area contributed by atoms with Crippen LogP contribution in [0.15, 0.2) is 30.5 Å². The second-order valence-corrected chi connectivity index (χ2v) is 4.01. The molecule has 4 rings (SSSR count). The first kappa shape index (κ1) is 7.93. The van der Waals surface area contributed by atoms with Crippen molar-refractivity contribution in [2.45, 2.75) is 0 Å². The van der Waals surface area contributed by atoms with Gasteiger partial charge in [-0.05, 0) is 17.7 Å². The summed E-state index contributed by atoms with van der Waals surface area (Å²) in [5, 5.41) is 10.5. The molecule has 2 aliphatic heterocycles. The third-order valence-corrected chi connectivity index (χ3v) is 3.06. The quantitative estimate of drug-likeness (QED) is 0.696. The smallest absolute Gasteiger partial charge is 0.0962 e. The van der Waals surface area contributed by atoms with E-state index in [1.54, 1.807) is 0 Å². The Balaban J connectivity index is 2.08. The van der Waals surface area contributed by atoms with E-state index < -0.39 is 0 Å². The molecule has 2 aliphatic rings. The number of H-pyrrole nitrogens is 1. The molecule has 0 unspecified atom stereocenters. The van der Waals surface area contributed by atoms with Crippen LogP contribution in [0.3, 0.4) is 0 Å². The maximum Gasteiger partial charge on any atom is 0.0962 e. The highest BCUT2D eigenvalue weighted by Gasteiger charge is 2.22. The zero-order chi connectivity index (χ0) is 10.5. The van der Waals surface area contributed by atoms with Crippen LogP contribution in [0.5, 0.6) is 0 Å². The standard InChI is InChI=1S/C13H9N3/c1-2-4-9-8(3-1)5-11-10-7-14-16-13(10)6-12(9)15-11/h1-7,15H,(H,14,16). The van der Waals surface area contributed by atoms with Crippen molar-refractivity contribution in [3.8, 4) is 0 Å². The molecule has 0 radical (unpaired) electrons. The Morgan fingerprint density at radius 2 is 1.81 bits per heavy atom. The Kier molecular flexibility index (Phi) is 1.31. The lowest BCUT2D eigenvalue weighted by Crippen LogP contribution is -2.19. The summed E-state index contributed by atoms with van der Waals surface area (Å²) in [5.41, 5.74) is 6.90. The van der Waals surface area contributed by atoms with Crippen LogP contribution >= 0.6 is 0 Å². The summed E-state index contributed by atoms with van der Waals surface area (Å²) in [5.74, 6) is 0. The number of nitrogens with zero attached hydrogens (tertiary/aromatic N) is 1. The van der Waals surface area contributed by atoms with Gasteiger partial charge < -0.3 is 5.32 Å². The fraction of sp³-hybridized carbons (Fsp3) is 0. The number of rotatable bonds is 0. The van der Waals surface area contributed by atoms with Gasteiger partial charge in [0.1, 0.15) is 0 Å². The minimum atomic E-state index is 1.01. The number of hydrogen-bond acceptors (Lipinski definition) is 2. The van der Waals surface area contributed by atoms with Crippen molar-refractivity contribution in [1.29, 1.82) is 0 Å². The van der Waals surface area contributed by atoms with Crippen molar-refractivity contribution in [2.75, 3.05) is 0 Å². The summed E-state index contributed by atoms with van der Waals surface area (Å²) in [6, 6.07) is 8.38. The molecule has 3 heterocycles. The lowest BCUT2D eigenvalue weighted by molar-refractivity contribution is 1.08. The van der Waals surface area contributed by atoms with E-state index in [4.69, 9.17) is 0 Å². The Morgan fingerprint density at radius 3 is 2.81 bits per heavy atom. The molecule has 1 aromatic heterocycles. The summed E-state index contributed by atoms with van der Waals surface area (Å²) < 4.78 is 0. The lowest BCUT2D eigenvalue weighted by atomic mass is 9.93. The molecule has 3 heteroatoms. The van der Waals surface area contributed by atoms with Crippen LogP contribution in [0.4, 0.5) is 0 Å². The van der Waals surface area contributed by atoms with E-state index in [-0.39, 0.29) is 0 Å². The van der Waals surface area contributed by atoms with E-state index in [1.807, 2.05) is 6.20 Å². The molecule has 0 fully saturated rings. The summed E-state index contributed by atoms with van der Waals surface area (Å²) in [6.07, 6.45) is 6.18. The molecule has 2 N–H and O–H groups in total. The van der Waals surface area contributed by atoms with Gasteiger partial charge in [-0.15, -0.1) is 0 Å². The summed E-state index contributed by atoms with van der Waals surface area (Å²) in [6.45, 7) is 0.